The maximum Gasteiger partial charge on any atom is 0.263 e. The van der Waals surface area contributed by atoms with E-state index in [9.17, 15) is 8.42 Å². The second-order valence-corrected chi connectivity index (χ2v) is 8.19. The van der Waals surface area contributed by atoms with Crippen molar-refractivity contribution in [2.24, 2.45) is 0 Å². The Balaban J connectivity index is 2.23. The number of aromatic nitrogens is 1. The second kappa shape index (κ2) is 6.47. The molecule has 21 heavy (non-hydrogen) atoms. The van der Waals surface area contributed by atoms with Gasteiger partial charge >= 0.3 is 0 Å². The highest BCUT2D eigenvalue weighted by molar-refractivity contribution is 8.01. The molecule has 1 heterocycles. The minimum absolute atomic E-state index is 0.210. The molecule has 1 aromatic carbocycles. The first-order valence-corrected chi connectivity index (χ1v) is 9.27. The fourth-order valence-corrected chi connectivity index (χ4v) is 4.75. The van der Waals surface area contributed by atoms with E-state index in [0.717, 1.165) is 15.5 Å². The molecule has 0 atom stereocenters. The summed E-state index contributed by atoms with van der Waals surface area (Å²) in [7, 11) is -3.64. The van der Waals surface area contributed by atoms with Gasteiger partial charge in [-0.2, -0.15) is 5.26 Å². The Labute approximate surface area is 132 Å². The summed E-state index contributed by atoms with van der Waals surface area (Å²) in [5, 5.41) is 8.90. The molecule has 0 spiro atoms. The van der Waals surface area contributed by atoms with E-state index in [1.54, 1.807) is 25.1 Å². The van der Waals surface area contributed by atoms with E-state index < -0.39 is 10.0 Å². The van der Waals surface area contributed by atoms with Gasteiger partial charge in [0.1, 0.15) is 0 Å². The number of sulfonamides is 1. The lowest BCUT2D eigenvalue weighted by Crippen LogP contribution is -2.12. The van der Waals surface area contributed by atoms with Crippen molar-refractivity contribution in [3.8, 4) is 6.07 Å². The number of aryl methyl sites for hydroxylation is 2. The molecule has 2 rings (SSSR count). The van der Waals surface area contributed by atoms with Gasteiger partial charge in [0.05, 0.1) is 26.6 Å². The van der Waals surface area contributed by atoms with E-state index in [-0.39, 0.29) is 4.90 Å². The molecule has 0 bridgehead atoms. The predicted octanol–water partition coefficient (Wildman–Crippen LogP) is 3.18. The van der Waals surface area contributed by atoms with Crippen molar-refractivity contribution < 1.29 is 8.42 Å². The first kappa shape index (κ1) is 15.8. The van der Waals surface area contributed by atoms with Crippen molar-refractivity contribution in [1.82, 2.24) is 4.98 Å². The zero-order chi connectivity index (χ0) is 15.5. The molecular weight excluding hydrogens is 326 g/mol. The Kier molecular flexibility index (Phi) is 4.88. The van der Waals surface area contributed by atoms with Crippen LogP contribution in [0.2, 0.25) is 0 Å². The lowest BCUT2D eigenvalue weighted by molar-refractivity contribution is 0.601. The van der Waals surface area contributed by atoms with E-state index in [2.05, 4.69) is 9.71 Å². The molecule has 0 fully saturated rings. The minimum atomic E-state index is -3.64. The van der Waals surface area contributed by atoms with Gasteiger partial charge in [-0.3, -0.25) is 4.72 Å². The summed E-state index contributed by atoms with van der Waals surface area (Å²) in [4.78, 5) is 4.40. The van der Waals surface area contributed by atoms with Crippen LogP contribution in [0.4, 0.5) is 5.13 Å². The Morgan fingerprint density at radius 2 is 2.19 bits per heavy atom. The molecule has 0 unspecified atom stereocenters. The molecule has 0 aliphatic rings. The van der Waals surface area contributed by atoms with Crippen LogP contribution in [0.3, 0.4) is 0 Å². The third-order valence-electron chi connectivity index (χ3n) is 2.54. The quantitative estimate of drug-likeness (QED) is 0.846. The summed E-state index contributed by atoms with van der Waals surface area (Å²) < 4.78 is 27.9. The molecular formula is C13H13N3O2S3. The molecule has 1 aromatic heterocycles. The Bertz CT molecular complexity index is 791. The average Bonchev–Trinajstić information content (AvgIpc) is 2.75. The second-order valence-electron chi connectivity index (χ2n) is 4.26. The Hall–Kier alpha value is -1.56. The molecule has 0 amide bonds. The number of thiazole rings is 1. The number of rotatable bonds is 5. The SMILES string of the molecule is Cc1cccc(S(=O)(=O)Nc2nc(C)c(SCC#N)s2)c1. The van der Waals surface area contributed by atoms with Gasteiger partial charge in [0, 0.05) is 0 Å². The molecule has 0 aliphatic carbocycles. The van der Waals surface area contributed by atoms with Crippen LogP contribution in [0.15, 0.2) is 33.4 Å². The lowest BCUT2D eigenvalue weighted by atomic mass is 10.2. The van der Waals surface area contributed by atoms with E-state index in [1.165, 1.54) is 23.1 Å². The monoisotopic (exact) mass is 339 g/mol. The number of hydrogen-bond donors (Lipinski definition) is 1. The number of nitrogens with zero attached hydrogens (tertiary/aromatic N) is 2. The maximum absolute atomic E-state index is 12.3. The molecule has 5 nitrogen and oxygen atoms in total. The van der Waals surface area contributed by atoms with Crippen molar-refractivity contribution in [3.05, 3.63) is 35.5 Å². The highest BCUT2D eigenvalue weighted by Crippen LogP contribution is 2.32. The zero-order valence-corrected chi connectivity index (χ0v) is 13.9. The van der Waals surface area contributed by atoms with Crippen molar-refractivity contribution in [2.45, 2.75) is 23.0 Å². The predicted molar refractivity (Wildman–Crippen MR) is 85.2 cm³/mol. The van der Waals surface area contributed by atoms with E-state index in [0.29, 0.717) is 10.9 Å². The topological polar surface area (TPSA) is 82.8 Å². The van der Waals surface area contributed by atoms with Crippen LogP contribution in [0.1, 0.15) is 11.3 Å². The van der Waals surface area contributed by atoms with Gasteiger partial charge in [-0.05, 0) is 31.5 Å². The van der Waals surface area contributed by atoms with Crippen LogP contribution in [0, 0.1) is 25.2 Å². The van der Waals surface area contributed by atoms with Crippen LogP contribution in [0.5, 0.6) is 0 Å². The summed E-state index contributed by atoms with van der Waals surface area (Å²) >= 11 is 2.59. The summed E-state index contributed by atoms with van der Waals surface area (Å²) in [5.41, 5.74) is 1.60. The maximum atomic E-state index is 12.3. The third kappa shape index (κ3) is 3.97. The van der Waals surface area contributed by atoms with Crippen molar-refractivity contribution in [2.75, 3.05) is 10.5 Å². The Morgan fingerprint density at radius 3 is 2.86 bits per heavy atom. The summed E-state index contributed by atoms with van der Waals surface area (Å²) in [6.07, 6.45) is 0. The minimum Gasteiger partial charge on any atom is -0.255 e. The van der Waals surface area contributed by atoms with Crippen LogP contribution >= 0.6 is 23.1 Å². The van der Waals surface area contributed by atoms with Crippen LogP contribution in [-0.4, -0.2) is 19.2 Å². The standard InChI is InChI=1S/C13H13N3O2S3/c1-9-4-3-5-11(8-9)21(17,18)16-13-15-10(2)12(20-13)19-7-6-14/h3-5,8H,7H2,1-2H3,(H,15,16). The number of benzene rings is 1. The van der Waals surface area contributed by atoms with Gasteiger partial charge in [-0.15, -0.1) is 0 Å². The summed E-state index contributed by atoms with van der Waals surface area (Å²) in [6, 6.07) is 8.72. The van der Waals surface area contributed by atoms with Gasteiger partial charge < -0.3 is 0 Å². The van der Waals surface area contributed by atoms with Gasteiger partial charge in [0.15, 0.2) is 5.13 Å². The first-order chi connectivity index (χ1) is 9.92. The molecule has 8 heteroatoms. The molecule has 0 aliphatic heterocycles. The van der Waals surface area contributed by atoms with E-state index >= 15 is 0 Å². The van der Waals surface area contributed by atoms with Crippen LogP contribution in [0.25, 0.3) is 0 Å². The molecule has 2 aromatic rings. The van der Waals surface area contributed by atoms with E-state index in [4.69, 9.17) is 5.26 Å². The average molecular weight is 339 g/mol. The number of nitriles is 1. The van der Waals surface area contributed by atoms with Crippen LogP contribution < -0.4 is 4.72 Å². The summed E-state index contributed by atoms with van der Waals surface area (Å²) in [5.74, 6) is 0.313. The molecule has 0 saturated carbocycles. The van der Waals surface area contributed by atoms with Crippen molar-refractivity contribution in [3.63, 3.8) is 0 Å². The largest absolute Gasteiger partial charge is 0.263 e. The number of nitrogens with one attached hydrogen (secondary N) is 1. The molecule has 0 saturated heterocycles. The Morgan fingerprint density at radius 1 is 1.43 bits per heavy atom. The summed E-state index contributed by atoms with van der Waals surface area (Å²) in [6.45, 7) is 3.63. The van der Waals surface area contributed by atoms with Crippen LogP contribution in [-0.2, 0) is 10.0 Å². The zero-order valence-electron chi connectivity index (χ0n) is 11.5. The third-order valence-corrected chi connectivity index (χ3v) is 6.31. The first-order valence-electron chi connectivity index (χ1n) is 5.99. The smallest absolute Gasteiger partial charge is 0.255 e. The number of anilines is 1. The van der Waals surface area contributed by atoms with Gasteiger partial charge in [0.25, 0.3) is 10.0 Å². The lowest BCUT2D eigenvalue weighted by Gasteiger charge is -2.05. The fraction of sp³-hybridized carbons (Fsp3) is 0.231. The van der Waals surface area contributed by atoms with Gasteiger partial charge in [-0.25, -0.2) is 13.4 Å². The fourth-order valence-electron chi connectivity index (χ4n) is 1.61. The number of hydrogen-bond acceptors (Lipinski definition) is 6. The van der Waals surface area contributed by atoms with Gasteiger partial charge in [0.2, 0.25) is 0 Å². The molecule has 110 valence electrons. The number of thioether (sulfide) groups is 1. The highest BCUT2D eigenvalue weighted by Gasteiger charge is 2.17. The highest BCUT2D eigenvalue weighted by atomic mass is 32.2. The van der Waals surface area contributed by atoms with Crippen molar-refractivity contribution in [1.29, 1.82) is 5.26 Å². The van der Waals surface area contributed by atoms with Gasteiger partial charge in [-0.1, -0.05) is 35.2 Å². The normalized spacial score (nSPS) is 11.1. The van der Waals surface area contributed by atoms with Crippen molar-refractivity contribution >= 4 is 38.3 Å². The molecule has 0 radical (unpaired) electrons. The molecule has 1 N–H and O–H groups in total. The van der Waals surface area contributed by atoms with E-state index in [1.807, 2.05) is 19.1 Å².